The molecule has 2 aromatic carbocycles. The summed E-state index contributed by atoms with van der Waals surface area (Å²) in [6.45, 7) is 0. The number of ketones is 1. The normalized spacial score (nSPS) is 20.5. The monoisotopic (exact) mass is 415 g/mol. The molecule has 4 nitrogen and oxygen atoms in total. The van der Waals surface area contributed by atoms with Crippen LogP contribution in [0.4, 0.5) is 17.1 Å². The minimum absolute atomic E-state index is 0.110. The van der Waals surface area contributed by atoms with E-state index in [2.05, 4.69) is 69.4 Å². The molecule has 2 heterocycles. The predicted octanol–water partition coefficient (Wildman–Crippen LogP) is 5.79. The van der Waals surface area contributed by atoms with Gasteiger partial charge >= 0.3 is 0 Å². The third kappa shape index (κ3) is 3.39. The topological polar surface area (TPSA) is 44.4 Å². The summed E-state index contributed by atoms with van der Waals surface area (Å²) in [5.74, 6) is 0.415. The Morgan fingerprint density at radius 1 is 0.933 bits per heavy atom. The molecule has 2 N–H and O–H groups in total. The number of anilines is 3. The lowest BCUT2D eigenvalue weighted by Gasteiger charge is -2.29. The first-order valence-corrected chi connectivity index (χ1v) is 11.2. The van der Waals surface area contributed by atoms with Crippen molar-refractivity contribution in [1.82, 2.24) is 0 Å². The smallest absolute Gasteiger partial charge is 0.163 e. The molecule has 0 radical (unpaired) electrons. The Morgan fingerprint density at radius 2 is 1.70 bits per heavy atom. The standard InChI is InChI=1S/C25H25N3OS/c1-28(2)18-11-9-16(10-12-18)17-14-21-24(22(29)15-17)25(23-8-5-13-30-23)27-20-7-4-3-6-19(20)26-21/h3-13,17,25-27H,14-15H2,1-2H3/t17-,25-/m0/s1. The van der Waals surface area contributed by atoms with E-state index in [9.17, 15) is 4.79 Å². The van der Waals surface area contributed by atoms with Gasteiger partial charge in [0, 0.05) is 42.4 Å². The molecule has 5 rings (SSSR count). The molecule has 1 aromatic heterocycles. The fraction of sp³-hybridized carbons (Fsp3) is 0.240. The molecule has 0 fully saturated rings. The maximum Gasteiger partial charge on any atom is 0.163 e. The maximum atomic E-state index is 13.5. The number of allylic oxidation sites excluding steroid dienone is 1. The highest BCUT2D eigenvalue weighted by atomic mass is 32.1. The molecule has 0 saturated carbocycles. The van der Waals surface area contributed by atoms with Crippen LogP contribution in [0.15, 0.2) is 77.3 Å². The van der Waals surface area contributed by atoms with Gasteiger partial charge in [0.15, 0.2) is 5.78 Å². The van der Waals surface area contributed by atoms with Crippen LogP contribution in [-0.4, -0.2) is 19.9 Å². The maximum absolute atomic E-state index is 13.5. The van der Waals surface area contributed by atoms with Gasteiger partial charge in [0.25, 0.3) is 0 Å². The summed E-state index contributed by atoms with van der Waals surface area (Å²) >= 11 is 1.69. The Labute approximate surface area is 181 Å². The lowest BCUT2D eigenvalue weighted by molar-refractivity contribution is -0.116. The van der Waals surface area contributed by atoms with Gasteiger partial charge in [-0.2, -0.15) is 0 Å². The molecular weight excluding hydrogens is 390 g/mol. The highest BCUT2D eigenvalue weighted by Gasteiger charge is 2.36. The van der Waals surface area contributed by atoms with E-state index in [1.807, 2.05) is 26.2 Å². The van der Waals surface area contributed by atoms with Crippen LogP contribution in [0.3, 0.4) is 0 Å². The van der Waals surface area contributed by atoms with Gasteiger partial charge in [-0.3, -0.25) is 4.79 Å². The number of nitrogens with zero attached hydrogens (tertiary/aromatic N) is 1. The first-order valence-electron chi connectivity index (χ1n) is 10.3. The van der Waals surface area contributed by atoms with Crippen molar-refractivity contribution in [3.05, 3.63) is 87.8 Å². The molecule has 0 bridgehead atoms. The summed E-state index contributed by atoms with van der Waals surface area (Å²) in [5, 5.41) is 9.31. The zero-order valence-corrected chi connectivity index (χ0v) is 18.0. The quantitative estimate of drug-likeness (QED) is 0.568. The second kappa shape index (κ2) is 7.65. The number of rotatable bonds is 3. The lowest BCUT2D eigenvalue weighted by Crippen LogP contribution is -2.26. The highest BCUT2D eigenvalue weighted by Crippen LogP contribution is 2.45. The summed E-state index contributed by atoms with van der Waals surface area (Å²) in [6.07, 6.45) is 1.38. The van der Waals surface area contributed by atoms with Crippen molar-refractivity contribution >= 4 is 34.2 Å². The molecule has 0 unspecified atom stereocenters. The number of thiophene rings is 1. The van der Waals surface area contributed by atoms with Gasteiger partial charge in [-0.05, 0) is 53.6 Å². The number of Topliss-reactive ketones (excluding diaryl/α,β-unsaturated/α-hetero) is 1. The van der Waals surface area contributed by atoms with Crippen LogP contribution in [-0.2, 0) is 4.79 Å². The molecule has 0 saturated heterocycles. The van der Waals surface area contributed by atoms with Crippen molar-refractivity contribution in [2.45, 2.75) is 24.8 Å². The number of hydrogen-bond donors (Lipinski definition) is 2. The molecule has 3 aromatic rings. The SMILES string of the molecule is CN(C)c1ccc([C@@H]2CC(=O)C3=C(C2)Nc2ccccc2N[C@H]3c2cccs2)cc1. The molecular formula is C25H25N3OS. The molecule has 1 aliphatic carbocycles. The first kappa shape index (κ1) is 18.9. The van der Waals surface area contributed by atoms with Crippen molar-refractivity contribution in [3.8, 4) is 0 Å². The van der Waals surface area contributed by atoms with Gasteiger partial charge in [-0.25, -0.2) is 0 Å². The first-order chi connectivity index (χ1) is 14.6. The van der Waals surface area contributed by atoms with Crippen LogP contribution in [0.5, 0.6) is 0 Å². The third-order valence-corrected chi connectivity index (χ3v) is 6.95. The second-order valence-electron chi connectivity index (χ2n) is 8.17. The van der Waals surface area contributed by atoms with E-state index >= 15 is 0 Å². The van der Waals surface area contributed by atoms with E-state index in [4.69, 9.17) is 0 Å². The highest BCUT2D eigenvalue weighted by molar-refractivity contribution is 7.10. The van der Waals surface area contributed by atoms with Crippen LogP contribution in [0.25, 0.3) is 0 Å². The van der Waals surface area contributed by atoms with Crippen molar-refractivity contribution in [2.75, 3.05) is 29.6 Å². The lowest BCUT2D eigenvalue weighted by atomic mass is 9.79. The molecule has 0 spiro atoms. The van der Waals surface area contributed by atoms with Gasteiger partial charge in [-0.15, -0.1) is 11.3 Å². The molecule has 0 amide bonds. The summed E-state index contributed by atoms with van der Waals surface area (Å²) in [4.78, 5) is 16.7. The predicted molar refractivity (Wildman–Crippen MR) is 126 cm³/mol. The van der Waals surface area contributed by atoms with Crippen LogP contribution >= 0.6 is 11.3 Å². The fourth-order valence-electron chi connectivity index (χ4n) is 4.44. The third-order valence-electron chi connectivity index (χ3n) is 6.02. The molecule has 30 heavy (non-hydrogen) atoms. The molecule has 2 atom stereocenters. The average Bonchev–Trinajstić information content (AvgIpc) is 3.22. The zero-order valence-electron chi connectivity index (χ0n) is 17.2. The zero-order chi connectivity index (χ0) is 20.7. The number of carbonyl (C=O) groups excluding carboxylic acids is 1. The number of para-hydroxylation sites is 2. The van der Waals surface area contributed by atoms with Crippen LogP contribution < -0.4 is 15.5 Å². The van der Waals surface area contributed by atoms with E-state index in [-0.39, 0.29) is 17.7 Å². The van der Waals surface area contributed by atoms with E-state index in [0.717, 1.165) is 29.1 Å². The van der Waals surface area contributed by atoms with E-state index in [0.29, 0.717) is 6.42 Å². The Hall–Kier alpha value is -3.05. The summed E-state index contributed by atoms with van der Waals surface area (Å²) < 4.78 is 0. The molecule has 152 valence electrons. The molecule has 1 aliphatic heterocycles. The van der Waals surface area contributed by atoms with Gasteiger partial charge in [0.2, 0.25) is 0 Å². The Bertz CT molecular complexity index is 1100. The van der Waals surface area contributed by atoms with E-state index in [1.54, 1.807) is 11.3 Å². The number of carbonyl (C=O) groups is 1. The van der Waals surface area contributed by atoms with Gasteiger partial charge in [-0.1, -0.05) is 30.3 Å². The average molecular weight is 416 g/mol. The van der Waals surface area contributed by atoms with Crippen molar-refractivity contribution in [3.63, 3.8) is 0 Å². The summed E-state index contributed by atoms with van der Waals surface area (Å²) in [7, 11) is 4.08. The van der Waals surface area contributed by atoms with Crippen LogP contribution in [0.2, 0.25) is 0 Å². The van der Waals surface area contributed by atoms with Crippen LogP contribution in [0.1, 0.15) is 35.2 Å². The summed E-state index contributed by atoms with van der Waals surface area (Å²) in [6, 6.07) is 20.9. The van der Waals surface area contributed by atoms with Crippen molar-refractivity contribution in [1.29, 1.82) is 0 Å². The van der Waals surface area contributed by atoms with Gasteiger partial charge < -0.3 is 15.5 Å². The Morgan fingerprint density at radius 3 is 2.40 bits per heavy atom. The second-order valence-corrected chi connectivity index (χ2v) is 9.15. The summed E-state index contributed by atoms with van der Waals surface area (Å²) in [5.41, 5.74) is 6.38. The number of nitrogens with one attached hydrogen (secondary N) is 2. The van der Waals surface area contributed by atoms with Gasteiger partial charge in [0.1, 0.15) is 0 Å². The number of benzene rings is 2. The van der Waals surface area contributed by atoms with Crippen molar-refractivity contribution in [2.24, 2.45) is 0 Å². The molecule has 2 aliphatic rings. The largest absolute Gasteiger partial charge is 0.378 e. The minimum Gasteiger partial charge on any atom is -0.378 e. The number of fused-ring (bicyclic) bond motifs is 1. The van der Waals surface area contributed by atoms with E-state index < -0.39 is 0 Å². The Balaban J connectivity index is 1.54. The van der Waals surface area contributed by atoms with Gasteiger partial charge in [0.05, 0.1) is 17.4 Å². The Kier molecular flexibility index (Phi) is 4.83. The fourth-order valence-corrected chi connectivity index (χ4v) is 5.23. The molecule has 5 heteroatoms. The van der Waals surface area contributed by atoms with E-state index in [1.165, 1.54) is 16.1 Å². The van der Waals surface area contributed by atoms with Crippen molar-refractivity contribution < 1.29 is 4.79 Å². The minimum atomic E-state index is -0.110. The number of hydrogen-bond acceptors (Lipinski definition) is 5. The van der Waals surface area contributed by atoms with Crippen LogP contribution in [0, 0.1) is 0 Å².